The molecule has 3 aromatic rings. The van der Waals surface area contributed by atoms with E-state index in [2.05, 4.69) is 40.2 Å². The standard InChI is InChI=1S/C19H27NO3.C16H21NO5.C12H17NO.C6H11BrO2/c1-3-17(22)13-20(12-15(2)21)18-10-7-11-19(18)23-14-16-8-5-4-6-9-16;18-15(19)9-17(10-16(20)21)13-7-4-8-14(13)22-11-12-5-2-1-3-6-12;13-11-7-4-8-12(11)14-9-10-5-2-1-3-6-10;1-6(2,3)9-5(8)4-7/h4-6,8-9,18-19H,3,7,10-14H2,1-2H3;1-3,5-6,13-14H,4,7-11H2,(H,18,19)(H,20,21);1-3,5-6,11-12H,4,7-9,13H2;4H2,1-3H3/t18-,19-;13-,14-;11-,12-;/m000./s1. The predicted octanol–water partition coefficient (Wildman–Crippen LogP) is 8.40. The van der Waals surface area contributed by atoms with Crippen LogP contribution in [-0.2, 0) is 62.7 Å². The van der Waals surface area contributed by atoms with Gasteiger partial charge in [0.15, 0.2) is 0 Å². The molecule has 6 rings (SSSR count). The topological polar surface area (TPSA) is 195 Å². The SMILES string of the molecule is CC(C)(C)OC(=O)CBr.CCC(=O)CN(CC(C)=O)[C@H]1CCC[C@@H]1OCc1ccccc1.N[C@H]1CCC[C@@H]1OCc1ccccc1.O=C(O)CN(CC(=O)O)[C@H]1CCC[C@@H]1OCc1ccccc1. The number of nitrogens with zero attached hydrogens (tertiary/aromatic N) is 2. The van der Waals surface area contributed by atoms with Crippen molar-refractivity contribution in [2.75, 3.05) is 31.5 Å². The second kappa shape index (κ2) is 31.7. The maximum atomic E-state index is 11.9. The Hall–Kier alpha value is -4.35. The van der Waals surface area contributed by atoms with Gasteiger partial charge < -0.3 is 34.9 Å². The first-order chi connectivity index (χ1) is 32.5. The summed E-state index contributed by atoms with van der Waals surface area (Å²) in [6.45, 7) is 10.8. The quantitative estimate of drug-likeness (QED) is 0.0680. The Morgan fingerprint density at radius 2 is 0.985 bits per heavy atom. The fraction of sp³-hybridized carbons (Fsp3) is 0.566. The van der Waals surface area contributed by atoms with Crippen molar-refractivity contribution in [3.8, 4) is 0 Å². The number of ketones is 2. The van der Waals surface area contributed by atoms with E-state index in [1.165, 1.54) is 16.9 Å². The molecule has 0 saturated heterocycles. The number of alkyl halides is 1. The minimum atomic E-state index is -1.02. The average molecular weight is 1010 g/mol. The zero-order valence-corrected chi connectivity index (χ0v) is 42.4. The van der Waals surface area contributed by atoms with Crippen molar-refractivity contribution < 1.29 is 53.1 Å². The van der Waals surface area contributed by atoms with Gasteiger partial charge in [0.2, 0.25) is 0 Å². The van der Waals surface area contributed by atoms with Crippen molar-refractivity contribution >= 4 is 45.4 Å². The van der Waals surface area contributed by atoms with Crippen LogP contribution in [0.3, 0.4) is 0 Å². The smallest absolute Gasteiger partial charge is 0.317 e. The molecular weight excluding hydrogens is 934 g/mol. The Balaban J connectivity index is 0.000000253. The third-order valence-corrected chi connectivity index (χ3v) is 12.1. The molecule has 0 heterocycles. The molecule has 0 unspecified atom stereocenters. The maximum absolute atomic E-state index is 11.9. The number of carboxylic acids is 2. The van der Waals surface area contributed by atoms with Crippen LogP contribution in [-0.4, -0.2) is 123 Å². The second-order valence-electron chi connectivity index (χ2n) is 18.5. The van der Waals surface area contributed by atoms with Gasteiger partial charge >= 0.3 is 17.9 Å². The summed E-state index contributed by atoms with van der Waals surface area (Å²) in [5, 5.41) is 18.2. The molecule has 376 valence electrons. The van der Waals surface area contributed by atoms with Gasteiger partial charge in [0.25, 0.3) is 0 Å². The second-order valence-corrected chi connectivity index (χ2v) is 19.1. The number of ether oxygens (including phenoxy) is 4. The number of hydrogen-bond acceptors (Lipinski definition) is 12. The van der Waals surface area contributed by atoms with Gasteiger partial charge in [-0.05, 0) is 102 Å². The third kappa shape index (κ3) is 23.8. The van der Waals surface area contributed by atoms with E-state index in [-0.39, 0.29) is 78.0 Å². The highest BCUT2D eigenvalue weighted by Gasteiger charge is 2.36. The number of carbonyl (C=O) groups is 5. The Kier molecular flexibility index (Phi) is 27.0. The summed E-state index contributed by atoms with van der Waals surface area (Å²) in [5.41, 5.74) is 9.00. The van der Waals surface area contributed by atoms with Crippen molar-refractivity contribution in [2.24, 2.45) is 5.73 Å². The van der Waals surface area contributed by atoms with Gasteiger partial charge in [-0.25, -0.2) is 0 Å². The highest BCUT2D eigenvalue weighted by atomic mass is 79.9. The van der Waals surface area contributed by atoms with E-state index in [1.54, 1.807) is 6.92 Å². The van der Waals surface area contributed by atoms with E-state index >= 15 is 0 Å². The number of halogens is 1. The molecule has 0 radical (unpaired) electrons. The van der Waals surface area contributed by atoms with Crippen molar-refractivity contribution in [1.29, 1.82) is 0 Å². The van der Waals surface area contributed by atoms with Crippen LogP contribution < -0.4 is 5.73 Å². The summed E-state index contributed by atoms with van der Waals surface area (Å²) in [6.07, 6.45) is 9.76. The van der Waals surface area contributed by atoms with Gasteiger partial charge in [0.05, 0.1) is 64.3 Å². The molecule has 0 bridgehead atoms. The van der Waals surface area contributed by atoms with Crippen LogP contribution in [0.2, 0.25) is 0 Å². The summed E-state index contributed by atoms with van der Waals surface area (Å²) in [6, 6.07) is 30.4. The summed E-state index contributed by atoms with van der Waals surface area (Å²) < 4.78 is 22.7. The number of Topliss-reactive ketones (excluding diaryl/α,β-unsaturated/α-hetero) is 2. The Morgan fingerprint density at radius 3 is 1.31 bits per heavy atom. The van der Waals surface area contributed by atoms with Gasteiger partial charge in [0.1, 0.15) is 22.5 Å². The fourth-order valence-corrected chi connectivity index (χ4v) is 8.57. The monoisotopic (exact) mass is 1010 g/mol. The van der Waals surface area contributed by atoms with Gasteiger partial charge in [0, 0.05) is 24.5 Å². The molecule has 68 heavy (non-hydrogen) atoms. The predicted molar refractivity (Wildman–Crippen MR) is 266 cm³/mol. The summed E-state index contributed by atoms with van der Waals surface area (Å²) >= 11 is 2.99. The maximum Gasteiger partial charge on any atom is 0.317 e. The number of carboxylic acid groups (broad SMARTS) is 2. The van der Waals surface area contributed by atoms with Crippen LogP contribution in [0.4, 0.5) is 0 Å². The molecule has 0 amide bonds. The molecule has 15 heteroatoms. The molecule has 3 aliphatic carbocycles. The molecule has 0 aromatic heterocycles. The van der Waals surface area contributed by atoms with E-state index < -0.39 is 11.9 Å². The first-order valence-corrected chi connectivity index (χ1v) is 25.0. The average Bonchev–Trinajstić information content (AvgIpc) is 4.09. The van der Waals surface area contributed by atoms with Crippen LogP contribution in [0.1, 0.15) is 116 Å². The van der Waals surface area contributed by atoms with Crippen LogP contribution in [0.5, 0.6) is 0 Å². The van der Waals surface area contributed by atoms with E-state index in [0.717, 1.165) is 62.5 Å². The van der Waals surface area contributed by atoms with Crippen molar-refractivity contribution in [1.82, 2.24) is 9.80 Å². The van der Waals surface area contributed by atoms with Gasteiger partial charge in [-0.15, -0.1) is 0 Å². The highest BCUT2D eigenvalue weighted by Crippen LogP contribution is 2.29. The lowest BCUT2D eigenvalue weighted by molar-refractivity contribution is -0.151. The van der Waals surface area contributed by atoms with E-state index in [0.29, 0.717) is 39.3 Å². The molecule has 4 N–H and O–H groups in total. The minimum absolute atomic E-state index is 0.0965. The molecule has 3 aromatic carbocycles. The molecule has 14 nitrogen and oxygen atoms in total. The minimum Gasteiger partial charge on any atom is -0.480 e. The molecule has 6 atom stereocenters. The Labute approximate surface area is 412 Å². The highest BCUT2D eigenvalue weighted by molar-refractivity contribution is 9.09. The number of carbonyl (C=O) groups excluding carboxylic acids is 3. The van der Waals surface area contributed by atoms with Gasteiger partial charge in [-0.3, -0.25) is 33.8 Å². The third-order valence-electron chi connectivity index (χ3n) is 11.6. The first kappa shape index (κ1) is 58.0. The fourth-order valence-electron chi connectivity index (χ4n) is 8.45. The van der Waals surface area contributed by atoms with Gasteiger partial charge in [-0.2, -0.15) is 0 Å². The van der Waals surface area contributed by atoms with E-state index in [1.807, 2.05) is 99.3 Å². The van der Waals surface area contributed by atoms with Crippen LogP contribution in [0.25, 0.3) is 0 Å². The normalized spacial score (nSPS) is 20.8. The summed E-state index contributed by atoms with van der Waals surface area (Å²) in [4.78, 5) is 59.4. The van der Waals surface area contributed by atoms with Crippen molar-refractivity contribution in [3.05, 3.63) is 108 Å². The lowest BCUT2D eigenvalue weighted by Crippen LogP contribution is -2.46. The van der Waals surface area contributed by atoms with Crippen molar-refractivity contribution in [2.45, 2.75) is 161 Å². The number of esters is 1. The zero-order chi connectivity index (χ0) is 49.9. The van der Waals surface area contributed by atoms with Crippen LogP contribution in [0.15, 0.2) is 91.0 Å². The van der Waals surface area contributed by atoms with Crippen LogP contribution in [0, 0.1) is 0 Å². The first-order valence-electron chi connectivity index (χ1n) is 23.9. The zero-order valence-electron chi connectivity index (χ0n) is 40.8. The Bertz CT molecular complexity index is 1900. The number of benzene rings is 3. The number of nitrogens with two attached hydrogens (primary N) is 1. The molecule has 0 aliphatic heterocycles. The lowest BCUT2D eigenvalue weighted by atomic mass is 10.1. The Morgan fingerprint density at radius 1 is 0.603 bits per heavy atom. The van der Waals surface area contributed by atoms with Gasteiger partial charge in [-0.1, -0.05) is 114 Å². The van der Waals surface area contributed by atoms with E-state index in [4.69, 9.17) is 34.9 Å². The molecule has 3 saturated carbocycles. The van der Waals surface area contributed by atoms with Crippen LogP contribution >= 0.6 is 15.9 Å². The lowest BCUT2D eigenvalue weighted by Gasteiger charge is -2.31. The number of aliphatic carboxylic acids is 2. The summed E-state index contributed by atoms with van der Waals surface area (Å²) in [5.74, 6) is -1.98. The molecule has 3 aliphatic rings. The molecular formula is C53H76BrN3O11. The molecule has 0 spiro atoms. The largest absolute Gasteiger partial charge is 0.480 e. The summed E-state index contributed by atoms with van der Waals surface area (Å²) in [7, 11) is 0. The van der Waals surface area contributed by atoms with E-state index in [9.17, 15) is 24.0 Å². The number of rotatable bonds is 21. The van der Waals surface area contributed by atoms with Crippen molar-refractivity contribution in [3.63, 3.8) is 0 Å². The molecule has 3 fully saturated rings. The number of hydrogen-bond donors (Lipinski definition) is 3.